The SMILES string of the molecule is O[C@H](COCC(c1ccccc1)c1ccccc1)CN1CCN(c2ccccc2F)CC1. The molecule has 3 aromatic rings. The number of β-amino-alcohol motifs (C(OH)–C–C–N with tert-alkyl or cyclic N) is 1. The molecule has 0 saturated carbocycles. The van der Waals surface area contributed by atoms with Crippen molar-refractivity contribution >= 4 is 5.69 Å². The van der Waals surface area contributed by atoms with Crippen molar-refractivity contribution < 1.29 is 14.2 Å². The summed E-state index contributed by atoms with van der Waals surface area (Å²) < 4.78 is 20.0. The molecule has 0 unspecified atom stereocenters. The average molecular weight is 435 g/mol. The summed E-state index contributed by atoms with van der Waals surface area (Å²) in [6, 6.07) is 27.6. The molecule has 4 rings (SSSR count). The molecule has 0 aromatic heterocycles. The molecule has 0 spiro atoms. The first-order valence-electron chi connectivity index (χ1n) is 11.3. The standard InChI is InChI=1S/C27H31FN2O2/c28-26-13-7-8-14-27(26)30-17-15-29(16-18-30)19-24(31)20-32-21-25(22-9-3-1-4-10-22)23-11-5-2-6-12-23/h1-14,24-25,31H,15-21H2/t24-/m0/s1. The molecule has 1 N–H and O–H groups in total. The molecule has 1 heterocycles. The van der Waals surface area contributed by atoms with Crippen molar-refractivity contribution in [1.82, 2.24) is 4.90 Å². The maximum absolute atomic E-state index is 14.0. The zero-order valence-corrected chi connectivity index (χ0v) is 18.3. The highest BCUT2D eigenvalue weighted by atomic mass is 19.1. The zero-order valence-electron chi connectivity index (χ0n) is 18.3. The number of rotatable bonds is 9. The lowest BCUT2D eigenvalue weighted by Crippen LogP contribution is -2.49. The summed E-state index contributed by atoms with van der Waals surface area (Å²) in [5.74, 6) is -0.0466. The van der Waals surface area contributed by atoms with Gasteiger partial charge < -0.3 is 14.7 Å². The maximum Gasteiger partial charge on any atom is 0.146 e. The van der Waals surface area contributed by atoms with Crippen LogP contribution in [0.3, 0.4) is 0 Å². The van der Waals surface area contributed by atoms with E-state index in [4.69, 9.17) is 4.74 Å². The van der Waals surface area contributed by atoms with E-state index in [1.807, 2.05) is 48.5 Å². The molecule has 1 fully saturated rings. The van der Waals surface area contributed by atoms with Crippen molar-refractivity contribution in [1.29, 1.82) is 0 Å². The van der Waals surface area contributed by atoms with E-state index in [2.05, 4.69) is 34.1 Å². The van der Waals surface area contributed by atoms with Crippen LogP contribution in [0.1, 0.15) is 17.0 Å². The van der Waals surface area contributed by atoms with Gasteiger partial charge in [-0.1, -0.05) is 72.8 Å². The Hall–Kier alpha value is -2.73. The summed E-state index contributed by atoms with van der Waals surface area (Å²) in [7, 11) is 0. The van der Waals surface area contributed by atoms with Crippen molar-refractivity contribution in [3.8, 4) is 0 Å². The predicted molar refractivity (Wildman–Crippen MR) is 127 cm³/mol. The highest BCUT2D eigenvalue weighted by molar-refractivity contribution is 5.48. The van der Waals surface area contributed by atoms with Gasteiger partial charge in [0.1, 0.15) is 5.82 Å². The van der Waals surface area contributed by atoms with Crippen LogP contribution in [0, 0.1) is 5.82 Å². The van der Waals surface area contributed by atoms with Crippen LogP contribution in [0.4, 0.5) is 10.1 Å². The lowest BCUT2D eigenvalue weighted by atomic mass is 9.92. The highest BCUT2D eigenvalue weighted by Gasteiger charge is 2.21. The number of ether oxygens (including phenoxy) is 1. The van der Waals surface area contributed by atoms with Gasteiger partial charge in [0.2, 0.25) is 0 Å². The molecule has 0 aliphatic carbocycles. The Morgan fingerprint density at radius 1 is 0.750 bits per heavy atom. The Bertz CT molecular complexity index is 907. The van der Waals surface area contributed by atoms with Crippen LogP contribution in [0.25, 0.3) is 0 Å². The molecule has 1 aliphatic rings. The number of aliphatic hydroxyl groups is 1. The summed E-state index contributed by atoms with van der Waals surface area (Å²) in [5.41, 5.74) is 3.07. The van der Waals surface area contributed by atoms with Gasteiger partial charge >= 0.3 is 0 Å². The van der Waals surface area contributed by atoms with E-state index in [0.29, 0.717) is 25.4 Å². The second kappa shape index (κ2) is 11.2. The van der Waals surface area contributed by atoms with Crippen LogP contribution in [-0.2, 0) is 4.74 Å². The number of nitrogens with zero attached hydrogens (tertiary/aromatic N) is 2. The number of aliphatic hydroxyl groups excluding tert-OH is 1. The minimum Gasteiger partial charge on any atom is -0.389 e. The van der Waals surface area contributed by atoms with Gasteiger partial charge in [-0.25, -0.2) is 4.39 Å². The van der Waals surface area contributed by atoms with Gasteiger partial charge in [0.25, 0.3) is 0 Å². The minimum absolute atomic E-state index is 0.133. The third-order valence-electron chi connectivity index (χ3n) is 6.03. The first-order valence-corrected chi connectivity index (χ1v) is 11.3. The molecule has 0 radical (unpaired) electrons. The second-order valence-electron chi connectivity index (χ2n) is 8.30. The fourth-order valence-corrected chi connectivity index (χ4v) is 4.31. The van der Waals surface area contributed by atoms with Gasteiger partial charge in [-0.2, -0.15) is 0 Å². The van der Waals surface area contributed by atoms with E-state index in [1.165, 1.54) is 17.2 Å². The summed E-state index contributed by atoms with van der Waals surface area (Å²) >= 11 is 0. The van der Waals surface area contributed by atoms with Crippen LogP contribution in [-0.4, -0.2) is 62.0 Å². The fourth-order valence-electron chi connectivity index (χ4n) is 4.31. The Kier molecular flexibility index (Phi) is 7.88. The molecule has 1 aliphatic heterocycles. The van der Waals surface area contributed by atoms with Gasteiger partial charge in [-0.3, -0.25) is 4.90 Å². The first-order chi connectivity index (χ1) is 15.7. The quantitative estimate of drug-likeness (QED) is 0.549. The van der Waals surface area contributed by atoms with E-state index in [-0.39, 0.29) is 11.7 Å². The van der Waals surface area contributed by atoms with Crippen molar-refractivity contribution in [2.75, 3.05) is 50.8 Å². The molecule has 5 heteroatoms. The first kappa shape index (κ1) is 22.5. The third kappa shape index (κ3) is 5.94. The molecular formula is C27H31FN2O2. The number of hydrogen-bond donors (Lipinski definition) is 1. The van der Waals surface area contributed by atoms with Gasteiger partial charge in [0.05, 0.1) is 25.0 Å². The molecule has 0 bridgehead atoms. The maximum atomic E-state index is 14.0. The number of piperazine rings is 1. The molecular weight excluding hydrogens is 403 g/mol. The number of hydrogen-bond acceptors (Lipinski definition) is 4. The molecule has 3 aromatic carbocycles. The van der Waals surface area contributed by atoms with E-state index < -0.39 is 6.10 Å². The van der Waals surface area contributed by atoms with Crippen molar-refractivity contribution in [3.63, 3.8) is 0 Å². The second-order valence-corrected chi connectivity index (χ2v) is 8.30. The number of anilines is 1. The molecule has 1 atom stereocenters. The molecule has 32 heavy (non-hydrogen) atoms. The Morgan fingerprint density at radius 2 is 1.31 bits per heavy atom. The van der Waals surface area contributed by atoms with Crippen molar-refractivity contribution in [2.45, 2.75) is 12.0 Å². The monoisotopic (exact) mass is 434 g/mol. The lowest BCUT2D eigenvalue weighted by molar-refractivity contribution is 0.0135. The fraction of sp³-hybridized carbons (Fsp3) is 0.333. The van der Waals surface area contributed by atoms with Crippen LogP contribution >= 0.6 is 0 Å². The van der Waals surface area contributed by atoms with Crippen LogP contribution in [0.5, 0.6) is 0 Å². The third-order valence-corrected chi connectivity index (χ3v) is 6.03. The lowest BCUT2D eigenvalue weighted by Gasteiger charge is -2.37. The Labute approximate surface area is 189 Å². The zero-order chi connectivity index (χ0) is 22.2. The molecule has 0 amide bonds. The summed E-state index contributed by atoms with van der Waals surface area (Å²) in [6.45, 7) is 4.46. The van der Waals surface area contributed by atoms with Gasteiger partial charge in [0, 0.05) is 38.6 Å². The number of halogens is 1. The van der Waals surface area contributed by atoms with Gasteiger partial charge in [0.15, 0.2) is 0 Å². The Morgan fingerprint density at radius 3 is 1.91 bits per heavy atom. The highest BCUT2D eigenvalue weighted by Crippen LogP contribution is 2.25. The van der Waals surface area contributed by atoms with Gasteiger partial charge in [-0.15, -0.1) is 0 Å². The van der Waals surface area contributed by atoms with Gasteiger partial charge in [-0.05, 0) is 23.3 Å². The molecule has 4 nitrogen and oxygen atoms in total. The summed E-state index contributed by atoms with van der Waals surface area (Å²) in [5, 5.41) is 10.5. The van der Waals surface area contributed by atoms with Crippen LogP contribution in [0.2, 0.25) is 0 Å². The van der Waals surface area contributed by atoms with Crippen molar-refractivity contribution in [3.05, 3.63) is 102 Å². The number of para-hydroxylation sites is 1. The van der Waals surface area contributed by atoms with E-state index in [1.54, 1.807) is 6.07 Å². The summed E-state index contributed by atoms with van der Waals surface area (Å²) in [6.07, 6.45) is -0.554. The van der Waals surface area contributed by atoms with Crippen molar-refractivity contribution in [2.24, 2.45) is 0 Å². The average Bonchev–Trinajstić information content (AvgIpc) is 2.84. The minimum atomic E-state index is -0.554. The smallest absolute Gasteiger partial charge is 0.146 e. The van der Waals surface area contributed by atoms with Crippen LogP contribution in [0.15, 0.2) is 84.9 Å². The normalized spacial score (nSPS) is 15.8. The van der Waals surface area contributed by atoms with Crippen LogP contribution < -0.4 is 4.90 Å². The molecule has 168 valence electrons. The number of benzene rings is 3. The summed E-state index contributed by atoms with van der Waals surface area (Å²) in [4.78, 5) is 4.29. The largest absolute Gasteiger partial charge is 0.389 e. The van der Waals surface area contributed by atoms with E-state index in [9.17, 15) is 9.50 Å². The van der Waals surface area contributed by atoms with E-state index >= 15 is 0 Å². The Balaban J connectivity index is 1.25. The molecule has 1 saturated heterocycles. The topological polar surface area (TPSA) is 35.9 Å². The van der Waals surface area contributed by atoms with E-state index in [0.717, 1.165) is 26.2 Å². The predicted octanol–water partition coefficient (Wildman–Crippen LogP) is 4.16.